The molecule has 0 aliphatic rings. The quantitative estimate of drug-likeness (QED) is 0.343. The average Bonchev–Trinajstić information content (AvgIpc) is 2.90. The molecule has 3 aromatic carbocycles. The van der Waals surface area contributed by atoms with E-state index in [1.165, 1.54) is 0 Å². The van der Waals surface area contributed by atoms with Gasteiger partial charge in [0, 0.05) is 30.5 Å². The summed E-state index contributed by atoms with van der Waals surface area (Å²) in [7, 11) is 3.17. The van der Waals surface area contributed by atoms with E-state index in [4.69, 9.17) is 21.1 Å². The van der Waals surface area contributed by atoms with Crippen LogP contribution in [0.25, 0.3) is 0 Å². The van der Waals surface area contributed by atoms with Crippen LogP contribution in [-0.4, -0.2) is 43.0 Å². The minimum absolute atomic E-state index is 0.0509. The first-order valence-electron chi connectivity index (χ1n) is 12.4. The van der Waals surface area contributed by atoms with Gasteiger partial charge in [0.15, 0.2) is 11.5 Å². The number of halogens is 1. The molecule has 0 saturated heterocycles. The summed E-state index contributed by atoms with van der Waals surface area (Å²) >= 11 is 6.09. The molecule has 0 radical (unpaired) electrons. The van der Waals surface area contributed by atoms with E-state index in [1.54, 1.807) is 31.3 Å². The molecule has 0 fully saturated rings. The molecular weight excluding hydrogens is 488 g/mol. The number of hydrogen-bond donors (Lipinski definition) is 1. The fourth-order valence-corrected chi connectivity index (χ4v) is 4.28. The first-order chi connectivity index (χ1) is 17.8. The van der Waals surface area contributed by atoms with Gasteiger partial charge in [0.1, 0.15) is 6.04 Å². The van der Waals surface area contributed by atoms with Gasteiger partial charge in [-0.2, -0.15) is 0 Å². The third-order valence-electron chi connectivity index (χ3n) is 6.04. The number of rotatable bonds is 12. The third-order valence-corrected chi connectivity index (χ3v) is 6.30. The molecule has 0 heterocycles. The molecular formula is C30H35ClN2O4. The highest BCUT2D eigenvalue weighted by molar-refractivity contribution is 6.30. The first kappa shape index (κ1) is 28.1. The fourth-order valence-electron chi connectivity index (χ4n) is 4.15. The van der Waals surface area contributed by atoms with Crippen LogP contribution in [0.1, 0.15) is 37.0 Å². The Bertz CT molecular complexity index is 1170. The van der Waals surface area contributed by atoms with E-state index >= 15 is 0 Å². The molecule has 1 N–H and O–H groups in total. The van der Waals surface area contributed by atoms with E-state index in [2.05, 4.69) is 5.32 Å². The van der Waals surface area contributed by atoms with Crippen molar-refractivity contribution >= 4 is 23.4 Å². The first-order valence-corrected chi connectivity index (χ1v) is 12.8. The van der Waals surface area contributed by atoms with Gasteiger partial charge in [-0.1, -0.05) is 60.1 Å². The molecule has 196 valence electrons. The number of carbonyl (C=O) groups is 2. The van der Waals surface area contributed by atoms with Crippen LogP contribution in [0.2, 0.25) is 5.02 Å². The van der Waals surface area contributed by atoms with Crippen molar-refractivity contribution in [3.8, 4) is 11.5 Å². The van der Waals surface area contributed by atoms with Crippen molar-refractivity contribution < 1.29 is 19.1 Å². The lowest BCUT2D eigenvalue weighted by molar-refractivity contribution is -0.141. The van der Waals surface area contributed by atoms with E-state index < -0.39 is 6.04 Å². The highest BCUT2D eigenvalue weighted by Gasteiger charge is 2.30. The Kier molecular flexibility index (Phi) is 10.4. The molecule has 0 spiro atoms. The van der Waals surface area contributed by atoms with Gasteiger partial charge in [-0.3, -0.25) is 9.59 Å². The Morgan fingerprint density at radius 1 is 0.865 bits per heavy atom. The van der Waals surface area contributed by atoms with Gasteiger partial charge in [-0.15, -0.1) is 0 Å². The number of nitrogens with zero attached hydrogens (tertiary/aromatic N) is 1. The van der Waals surface area contributed by atoms with Crippen molar-refractivity contribution in [2.75, 3.05) is 14.2 Å². The molecule has 3 aromatic rings. The van der Waals surface area contributed by atoms with Gasteiger partial charge in [0.2, 0.25) is 11.8 Å². The second-order valence-electron chi connectivity index (χ2n) is 9.21. The van der Waals surface area contributed by atoms with E-state index in [0.29, 0.717) is 35.9 Å². The Morgan fingerprint density at radius 3 is 2.14 bits per heavy atom. The number of nitrogens with one attached hydrogen (secondary N) is 1. The summed E-state index contributed by atoms with van der Waals surface area (Å²) in [6, 6.07) is 22.0. The van der Waals surface area contributed by atoms with Gasteiger partial charge >= 0.3 is 0 Å². The fraction of sp³-hybridized carbons (Fsp3) is 0.333. The molecule has 0 aliphatic heterocycles. The van der Waals surface area contributed by atoms with Crippen molar-refractivity contribution in [2.45, 2.75) is 51.7 Å². The topological polar surface area (TPSA) is 67.9 Å². The Hall–Kier alpha value is -3.51. The van der Waals surface area contributed by atoms with Gasteiger partial charge in [0.25, 0.3) is 0 Å². The van der Waals surface area contributed by atoms with Crippen molar-refractivity contribution in [3.05, 3.63) is 94.5 Å². The largest absolute Gasteiger partial charge is 0.493 e. The minimum atomic E-state index is -0.668. The highest BCUT2D eigenvalue weighted by Crippen LogP contribution is 2.28. The van der Waals surface area contributed by atoms with E-state index in [1.807, 2.05) is 74.5 Å². The Labute approximate surface area is 224 Å². The lowest BCUT2D eigenvalue weighted by Gasteiger charge is -2.32. The molecule has 2 amide bonds. The maximum absolute atomic E-state index is 13.8. The van der Waals surface area contributed by atoms with Crippen molar-refractivity contribution in [2.24, 2.45) is 0 Å². The monoisotopic (exact) mass is 522 g/mol. The van der Waals surface area contributed by atoms with Gasteiger partial charge < -0.3 is 19.7 Å². The Morgan fingerprint density at radius 2 is 1.51 bits per heavy atom. The number of hydrogen-bond acceptors (Lipinski definition) is 4. The molecule has 0 bridgehead atoms. The van der Waals surface area contributed by atoms with Crippen LogP contribution in [0.5, 0.6) is 11.5 Å². The lowest BCUT2D eigenvalue weighted by atomic mass is 10.0. The van der Waals surface area contributed by atoms with Crippen molar-refractivity contribution in [1.29, 1.82) is 0 Å². The minimum Gasteiger partial charge on any atom is -0.493 e. The number of ether oxygens (including phenoxy) is 2. The van der Waals surface area contributed by atoms with Crippen LogP contribution in [0.3, 0.4) is 0 Å². The molecule has 6 nitrogen and oxygen atoms in total. The molecule has 37 heavy (non-hydrogen) atoms. The summed E-state index contributed by atoms with van der Waals surface area (Å²) in [5.74, 6) is 0.968. The van der Waals surface area contributed by atoms with Crippen LogP contribution < -0.4 is 14.8 Å². The lowest BCUT2D eigenvalue weighted by Crippen LogP contribution is -2.51. The van der Waals surface area contributed by atoms with E-state index in [-0.39, 0.29) is 24.3 Å². The van der Waals surface area contributed by atoms with Crippen LogP contribution in [-0.2, 0) is 29.0 Å². The van der Waals surface area contributed by atoms with Crippen LogP contribution in [0.4, 0.5) is 0 Å². The average molecular weight is 523 g/mol. The summed E-state index contributed by atoms with van der Waals surface area (Å²) in [6.45, 7) is 4.13. The summed E-state index contributed by atoms with van der Waals surface area (Å²) in [6.07, 6.45) is 1.15. The Balaban J connectivity index is 1.90. The SMILES string of the molecule is COc1ccc(CCC(=O)N(Cc2ccc(Cl)cc2)C(Cc2ccccc2)C(=O)NC(C)C)cc1OC. The van der Waals surface area contributed by atoms with Crippen LogP contribution >= 0.6 is 11.6 Å². The predicted molar refractivity (Wildman–Crippen MR) is 147 cm³/mol. The maximum atomic E-state index is 13.8. The molecule has 0 aromatic heterocycles. The second kappa shape index (κ2) is 13.7. The zero-order valence-electron chi connectivity index (χ0n) is 21.9. The smallest absolute Gasteiger partial charge is 0.243 e. The zero-order chi connectivity index (χ0) is 26.8. The molecule has 1 unspecified atom stereocenters. The number of methoxy groups -OCH3 is 2. The van der Waals surface area contributed by atoms with E-state index in [9.17, 15) is 9.59 Å². The molecule has 0 saturated carbocycles. The number of benzene rings is 3. The molecule has 7 heteroatoms. The molecule has 1 atom stereocenters. The standard InChI is InChI=1S/C30H35ClN2O4/c1-21(2)32-30(35)26(18-22-8-6-5-7-9-22)33(20-24-10-14-25(31)15-11-24)29(34)17-13-23-12-16-27(36-3)28(19-23)37-4/h5-12,14-16,19,21,26H,13,17-18,20H2,1-4H3,(H,32,35). The molecule has 0 aliphatic carbocycles. The van der Waals surface area contributed by atoms with Gasteiger partial charge in [-0.25, -0.2) is 0 Å². The molecule has 3 rings (SSSR count). The van der Waals surface area contributed by atoms with Crippen LogP contribution in [0.15, 0.2) is 72.8 Å². The normalized spacial score (nSPS) is 11.6. The van der Waals surface area contributed by atoms with Gasteiger partial charge in [0.05, 0.1) is 14.2 Å². The summed E-state index contributed by atoms with van der Waals surface area (Å²) < 4.78 is 10.7. The highest BCUT2D eigenvalue weighted by atomic mass is 35.5. The summed E-state index contributed by atoms with van der Waals surface area (Å²) in [5, 5.41) is 3.63. The summed E-state index contributed by atoms with van der Waals surface area (Å²) in [5.41, 5.74) is 2.84. The number of aryl methyl sites for hydroxylation is 1. The number of carbonyl (C=O) groups excluding carboxylic acids is 2. The summed E-state index contributed by atoms with van der Waals surface area (Å²) in [4.78, 5) is 28.9. The zero-order valence-corrected chi connectivity index (χ0v) is 22.6. The van der Waals surface area contributed by atoms with Crippen molar-refractivity contribution in [1.82, 2.24) is 10.2 Å². The third kappa shape index (κ3) is 8.25. The maximum Gasteiger partial charge on any atom is 0.243 e. The number of amides is 2. The van der Waals surface area contributed by atoms with Crippen LogP contribution in [0, 0.1) is 0 Å². The van der Waals surface area contributed by atoms with E-state index in [0.717, 1.165) is 16.7 Å². The predicted octanol–water partition coefficient (Wildman–Crippen LogP) is 5.45. The van der Waals surface area contributed by atoms with Crippen molar-refractivity contribution in [3.63, 3.8) is 0 Å². The van der Waals surface area contributed by atoms with Gasteiger partial charge in [-0.05, 0) is 61.2 Å². The second-order valence-corrected chi connectivity index (χ2v) is 9.64.